The van der Waals surface area contributed by atoms with E-state index < -0.39 is 0 Å². The Hall–Kier alpha value is -0.610. The molecular weight excluding hydrogens is 226 g/mol. The summed E-state index contributed by atoms with van der Waals surface area (Å²) in [6, 6.07) is 1.33. The van der Waals surface area contributed by atoms with Crippen molar-refractivity contribution in [2.45, 2.75) is 44.7 Å². The highest BCUT2D eigenvalue weighted by Crippen LogP contribution is 2.23. The maximum Gasteiger partial charge on any atom is 0.222 e. The monoisotopic (exact) mass is 251 g/mol. The predicted molar refractivity (Wildman–Crippen MR) is 71.4 cm³/mol. The number of hydrogen-bond donors (Lipinski definition) is 1. The van der Waals surface area contributed by atoms with Gasteiger partial charge in [-0.15, -0.1) is 0 Å². The molecule has 4 heteroatoms. The van der Waals surface area contributed by atoms with Crippen molar-refractivity contribution >= 4 is 5.91 Å². The molecule has 2 saturated heterocycles. The summed E-state index contributed by atoms with van der Waals surface area (Å²) in [4.78, 5) is 16.3. The molecule has 3 aliphatic rings. The second kappa shape index (κ2) is 5.17. The average molecular weight is 251 g/mol. The number of fused-ring (bicyclic) bond motifs is 1. The quantitative estimate of drug-likeness (QED) is 0.780. The minimum atomic E-state index is 0.378. The first-order valence-electron chi connectivity index (χ1n) is 7.47. The van der Waals surface area contributed by atoms with E-state index in [-0.39, 0.29) is 0 Å². The van der Waals surface area contributed by atoms with Gasteiger partial charge in [-0.25, -0.2) is 0 Å². The van der Waals surface area contributed by atoms with Crippen LogP contribution in [0.1, 0.15) is 32.6 Å². The van der Waals surface area contributed by atoms with E-state index >= 15 is 0 Å². The normalized spacial score (nSPS) is 30.6. The molecule has 0 radical (unpaired) electrons. The summed E-state index contributed by atoms with van der Waals surface area (Å²) in [5.74, 6) is 1.09. The number of amides is 1. The fourth-order valence-corrected chi connectivity index (χ4v) is 3.26. The Morgan fingerprint density at radius 3 is 2.94 bits per heavy atom. The van der Waals surface area contributed by atoms with Crippen LogP contribution in [0, 0.1) is 5.92 Å². The summed E-state index contributed by atoms with van der Waals surface area (Å²) >= 11 is 0. The number of nitrogens with one attached hydrogen (secondary N) is 1. The van der Waals surface area contributed by atoms with E-state index in [2.05, 4.69) is 22.0 Å². The fourth-order valence-electron chi connectivity index (χ4n) is 3.26. The van der Waals surface area contributed by atoms with Gasteiger partial charge in [0.05, 0.1) is 0 Å². The van der Waals surface area contributed by atoms with Crippen LogP contribution >= 0.6 is 0 Å². The topological polar surface area (TPSA) is 35.6 Å². The van der Waals surface area contributed by atoms with Crippen LogP contribution in [0.25, 0.3) is 0 Å². The Morgan fingerprint density at radius 2 is 2.17 bits per heavy atom. The SMILES string of the molecule is CC(CNC1CC1)CN1CCN2C(=O)CCC2C1. The molecule has 18 heavy (non-hydrogen) atoms. The standard InChI is InChI=1S/C14H25N3O/c1-11(8-15-12-2-3-12)9-16-6-7-17-13(10-16)4-5-14(17)18/h11-13,15H,2-10H2,1H3. The average Bonchev–Trinajstić information content (AvgIpc) is 3.12. The summed E-state index contributed by atoms with van der Waals surface area (Å²) in [7, 11) is 0. The highest BCUT2D eigenvalue weighted by atomic mass is 16.2. The van der Waals surface area contributed by atoms with Crippen molar-refractivity contribution < 1.29 is 4.79 Å². The van der Waals surface area contributed by atoms with E-state index in [4.69, 9.17) is 0 Å². The maximum absolute atomic E-state index is 11.6. The molecular formula is C14H25N3O. The van der Waals surface area contributed by atoms with Gasteiger partial charge < -0.3 is 10.2 Å². The van der Waals surface area contributed by atoms with Gasteiger partial charge >= 0.3 is 0 Å². The summed E-state index contributed by atoms with van der Waals surface area (Å²) < 4.78 is 0. The minimum Gasteiger partial charge on any atom is -0.337 e. The Balaban J connectivity index is 1.41. The summed E-state index contributed by atoms with van der Waals surface area (Å²) in [6.45, 7) is 7.77. The van der Waals surface area contributed by atoms with Crippen molar-refractivity contribution in [1.82, 2.24) is 15.1 Å². The molecule has 2 unspecified atom stereocenters. The summed E-state index contributed by atoms with van der Waals surface area (Å²) in [5, 5.41) is 3.61. The lowest BCUT2D eigenvalue weighted by Crippen LogP contribution is -2.52. The van der Waals surface area contributed by atoms with Gasteiger partial charge in [0.25, 0.3) is 0 Å². The van der Waals surface area contributed by atoms with Crippen molar-refractivity contribution in [2.24, 2.45) is 5.92 Å². The number of piperazine rings is 1. The molecule has 1 N–H and O–H groups in total. The number of hydrogen-bond acceptors (Lipinski definition) is 3. The van der Waals surface area contributed by atoms with Crippen LogP contribution in [0.15, 0.2) is 0 Å². The first-order valence-corrected chi connectivity index (χ1v) is 7.47. The van der Waals surface area contributed by atoms with E-state index in [1.54, 1.807) is 0 Å². The molecule has 1 saturated carbocycles. The Morgan fingerprint density at radius 1 is 1.33 bits per heavy atom. The number of rotatable bonds is 5. The van der Waals surface area contributed by atoms with Gasteiger partial charge in [0.2, 0.25) is 5.91 Å². The molecule has 3 rings (SSSR count). The van der Waals surface area contributed by atoms with Gasteiger partial charge in [-0.05, 0) is 31.7 Å². The van der Waals surface area contributed by atoms with Crippen molar-refractivity contribution in [3.05, 3.63) is 0 Å². The molecule has 2 aliphatic heterocycles. The van der Waals surface area contributed by atoms with Gasteiger partial charge in [-0.1, -0.05) is 6.92 Å². The predicted octanol–water partition coefficient (Wildman–Crippen LogP) is 0.681. The Kier molecular flexibility index (Phi) is 3.57. The molecule has 1 aliphatic carbocycles. The lowest BCUT2D eigenvalue weighted by Gasteiger charge is -2.38. The lowest BCUT2D eigenvalue weighted by molar-refractivity contribution is -0.130. The van der Waals surface area contributed by atoms with Gasteiger partial charge in [0.15, 0.2) is 0 Å². The van der Waals surface area contributed by atoms with E-state index in [1.807, 2.05) is 0 Å². The largest absolute Gasteiger partial charge is 0.337 e. The van der Waals surface area contributed by atoms with Gasteiger partial charge in [0, 0.05) is 44.7 Å². The molecule has 0 aromatic rings. The summed E-state index contributed by atoms with van der Waals surface area (Å²) in [6.07, 6.45) is 4.59. The van der Waals surface area contributed by atoms with Crippen LogP contribution in [0.2, 0.25) is 0 Å². The first-order chi connectivity index (χ1) is 8.72. The van der Waals surface area contributed by atoms with Crippen LogP contribution in [-0.2, 0) is 4.79 Å². The second-order valence-electron chi connectivity index (χ2n) is 6.33. The molecule has 0 bridgehead atoms. The van der Waals surface area contributed by atoms with Crippen LogP contribution < -0.4 is 5.32 Å². The van der Waals surface area contributed by atoms with E-state index in [1.165, 1.54) is 19.4 Å². The zero-order valence-corrected chi connectivity index (χ0v) is 11.4. The van der Waals surface area contributed by atoms with Crippen molar-refractivity contribution in [3.8, 4) is 0 Å². The molecule has 102 valence electrons. The summed E-state index contributed by atoms with van der Waals surface area (Å²) in [5.41, 5.74) is 0. The fraction of sp³-hybridized carbons (Fsp3) is 0.929. The van der Waals surface area contributed by atoms with Crippen molar-refractivity contribution in [3.63, 3.8) is 0 Å². The van der Waals surface area contributed by atoms with Crippen molar-refractivity contribution in [2.75, 3.05) is 32.7 Å². The van der Waals surface area contributed by atoms with Crippen LogP contribution in [-0.4, -0.2) is 60.5 Å². The third-order valence-electron chi connectivity index (χ3n) is 4.48. The lowest BCUT2D eigenvalue weighted by atomic mass is 10.1. The maximum atomic E-state index is 11.6. The van der Waals surface area contributed by atoms with Crippen molar-refractivity contribution in [1.29, 1.82) is 0 Å². The molecule has 0 aromatic carbocycles. The number of nitrogens with zero attached hydrogens (tertiary/aromatic N) is 2. The number of carbonyl (C=O) groups excluding carboxylic acids is 1. The molecule has 2 heterocycles. The Labute approximate surface area is 110 Å². The zero-order valence-electron chi connectivity index (χ0n) is 11.4. The van der Waals surface area contributed by atoms with Gasteiger partial charge in [-0.3, -0.25) is 9.69 Å². The molecule has 3 fully saturated rings. The number of carbonyl (C=O) groups is 1. The molecule has 0 aromatic heterocycles. The van der Waals surface area contributed by atoms with E-state index in [0.29, 0.717) is 17.9 Å². The molecule has 2 atom stereocenters. The highest BCUT2D eigenvalue weighted by Gasteiger charge is 2.35. The molecule has 1 amide bonds. The second-order valence-corrected chi connectivity index (χ2v) is 6.33. The van der Waals surface area contributed by atoms with Gasteiger partial charge in [0.1, 0.15) is 0 Å². The van der Waals surface area contributed by atoms with E-state index in [9.17, 15) is 4.79 Å². The zero-order chi connectivity index (χ0) is 12.5. The molecule has 0 spiro atoms. The molecule has 4 nitrogen and oxygen atoms in total. The van der Waals surface area contributed by atoms with Gasteiger partial charge in [-0.2, -0.15) is 0 Å². The smallest absolute Gasteiger partial charge is 0.222 e. The van der Waals surface area contributed by atoms with Crippen LogP contribution in [0.3, 0.4) is 0 Å². The Bertz CT molecular complexity index is 316. The highest BCUT2D eigenvalue weighted by molar-refractivity contribution is 5.78. The third-order valence-corrected chi connectivity index (χ3v) is 4.48. The van der Waals surface area contributed by atoms with Crippen LogP contribution in [0.5, 0.6) is 0 Å². The third kappa shape index (κ3) is 2.86. The van der Waals surface area contributed by atoms with Crippen LogP contribution in [0.4, 0.5) is 0 Å². The minimum absolute atomic E-state index is 0.378. The first kappa shape index (κ1) is 12.4. The van der Waals surface area contributed by atoms with E-state index in [0.717, 1.165) is 45.1 Å².